The van der Waals surface area contributed by atoms with Gasteiger partial charge in [-0.1, -0.05) is 25.1 Å². The van der Waals surface area contributed by atoms with E-state index in [9.17, 15) is 18.8 Å². The summed E-state index contributed by atoms with van der Waals surface area (Å²) >= 11 is 0. The Morgan fingerprint density at radius 3 is 2.58 bits per heavy atom. The van der Waals surface area contributed by atoms with Crippen LogP contribution in [0.2, 0.25) is 0 Å². The molecule has 1 aliphatic heterocycles. The molecule has 1 aliphatic rings. The Balaban J connectivity index is 1.72. The maximum atomic E-state index is 13.6. The molecule has 0 saturated carbocycles. The molecule has 0 unspecified atom stereocenters. The lowest BCUT2D eigenvalue weighted by atomic mass is 10.00. The van der Waals surface area contributed by atoms with E-state index in [1.165, 1.54) is 11.0 Å². The van der Waals surface area contributed by atoms with Crippen molar-refractivity contribution in [3.05, 3.63) is 35.6 Å². The molecule has 2 rings (SSSR count). The number of nitrogens with zero attached hydrogens (tertiary/aromatic N) is 1. The summed E-state index contributed by atoms with van der Waals surface area (Å²) in [5.41, 5.74) is 0.599. The zero-order valence-electron chi connectivity index (χ0n) is 13.9. The average Bonchev–Trinajstić information content (AvgIpc) is 2.56. The van der Waals surface area contributed by atoms with Gasteiger partial charge in [0.2, 0.25) is 17.7 Å². The molecule has 1 saturated heterocycles. The number of rotatable bonds is 7. The van der Waals surface area contributed by atoms with Crippen molar-refractivity contribution in [3.63, 3.8) is 0 Å². The second-order valence-corrected chi connectivity index (χ2v) is 6.11. The van der Waals surface area contributed by atoms with Gasteiger partial charge in [0.15, 0.2) is 0 Å². The summed E-state index contributed by atoms with van der Waals surface area (Å²) in [6.07, 6.45) is 2.41. The first-order valence-electron chi connectivity index (χ1n) is 8.33. The molecule has 24 heavy (non-hydrogen) atoms. The highest BCUT2D eigenvalue weighted by Crippen LogP contribution is 2.14. The van der Waals surface area contributed by atoms with E-state index < -0.39 is 0 Å². The predicted molar refractivity (Wildman–Crippen MR) is 87.5 cm³/mol. The van der Waals surface area contributed by atoms with Gasteiger partial charge in [-0.25, -0.2) is 4.39 Å². The number of piperidine rings is 1. The number of aryl methyl sites for hydroxylation is 1. The van der Waals surface area contributed by atoms with Crippen LogP contribution in [0.4, 0.5) is 4.39 Å². The highest BCUT2D eigenvalue weighted by atomic mass is 19.1. The maximum Gasteiger partial charge on any atom is 0.229 e. The van der Waals surface area contributed by atoms with Crippen molar-refractivity contribution >= 4 is 17.7 Å². The smallest absolute Gasteiger partial charge is 0.229 e. The third kappa shape index (κ3) is 4.88. The summed E-state index contributed by atoms with van der Waals surface area (Å²) in [5.74, 6) is -1.02. The highest BCUT2D eigenvalue weighted by molar-refractivity contribution is 5.97. The van der Waals surface area contributed by atoms with Crippen LogP contribution in [0.15, 0.2) is 24.3 Å². The Labute approximate surface area is 141 Å². The first kappa shape index (κ1) is 18.1. The topological polar surface area (TPSA) is 66.5 Å². The molecule has 5 nitrogen and oxygen atoms in total. The predicted octanol–water partition coefficient (Wildman–Crippen LogP) is 2.05. The summed E-state index contributed by atoms with van der Waals surface area (Å²) in [7, 11) is 0. The van der Waals surface area contributed by atoms with Crippen LogP contribution in [-0.2, 0) is 20.8 Å². The Morgan fingerprint density at radius 1 is 1.25 bits per heavy atom. The minimum absolute atomic E-state index is 0.150. The monoisotopic (exact) mass is 334 g/mol. The van der Waals surface area contributed by atoms with Crippen molar-refractivity contribution in [1.82, 2.24) is 10.2 Å². The number of amides is 3. The van der Waals surface area contributed by atoms with Crippen LogP contribution in [0.25, 0.3) is 0 Å². The largest absolute Gasteiger partial charge is 0.354 e. The minimum atomic E-state index is -0.266. The number of hydrogen-bond acceptors (Lipinski definition) is 3. The molecule has 1 aromatic rings. The first-order chi connectivity index (χ1) is 11.5. The molecule has 3 amide bonds. The van der Waals surface area contributed by atoms with Gasteiger partial charge in [-0.2, -0.15) is 0 Å². The molecule has 0 aliphatic carbocycles. The second kappa shape index (κ2) is 8.57. The zero-order valence-corrected chi connectivity index (χ0v) is 13.9. The second-order valence-electron chi connectivity index (χ2n) is 6.11. The van der Waals surface area contributed by atoms with E-state index in [0.717, 1.165) is 0 Å². The van der Waals surface area contributed by atoms with Crippen molar-refractivity contribution in [3.8, 4) is 0 Å². The van der Waals surface area contributed by atoms with Gasteiger partial charge < -0.3 is 5.32 Å². The van der Waals surface area contributed by atoms with Crippen molar-refractivity contribution in [2.75, 3.05) is 13.1 Å². The van der Waals surface area contributed by atoms with Crippen molar-refractivity contribution in [1.29, 1.82) is 0 Å². The number of halogens is 1. The summed E-state index contributed by atoms with van der Waals surface area (Å²) in [4.78, 5) is 36.6. The lowest BCUT2D eigenvalue weighted by Crippen LogP contribution is -2.45. The van der Waals surface area contributed by atoms with Crippen LogP contribution < -0.4 is 5.32 Å². The maximum absolute atomic E-state index is 13.6. The molecule has 1 aromatic carbocycles. The number of nitrogens with one attached hydrogen (secondary N) is 1. The van der Waals surface area contributed by atoms with E-state index in [2.05, 4.69) is 5.32 Å². The standard InChI is InChI=1S/C18H23FN2O3/c1-13(9-10-14-5-2-3-6-15(14)19)18(24)20-11-12-21-16(22)7-4-8-17(21)23/h2-3,5-6,13H,4,7-12H2,1H3,(H,20,24)/t13-/m0/s1. The van der Waals surface area contributed by atoms with Gasteiger partial charge in [0, 0.05) is 31.8 Å². The molecule has 1 heterocycles. The quantitative estimate of drug-likeness (QED) is 0.776. The summed E-state index contributed by atoms with van der Waals surface area (Å²) in [6, 6.07) is 6.54. The van der Waals surface area contributed by atoms with Gasteiger partial charge in [-0.15, -0.1) is 0 Å². The molecule has 0 spiro atoms. The number of carbonyl (C=O) groups excluding carboxylic acids is 3. The van der Waals surface area contributed by atoms with E-state index in [1.54, 1.807) is 25.1 Å². The number of carbonyl (C=O) groups is 3. The molecule has 1 N–H and O–H groups in total. The lowest BCUT2D eigenvalue weighted by molar-refractivity contribution is -0.148. The minimum Gasteiger partial charge on any atom is -0.354 e. The van der Waals surface area contributed by atoms with Crippen molar-refractivity contribution in [2.24, 2.45) is 5.92 Å². The molecule has 0 bridgehead atoms. The number of benzene rings is 1. The molecule has 0 radical (unpaired) electrons. The molecule has 1 fully saturated rings. The van der Waals surface area contributed by atoms with Gasteiger partial charge >= 0.3 is 0 Å². The Bertz CT molecular complexity index is 602. The molecular weight excluding hydrogens is 311 g/mol. The molecule has 6 heteroatoms. The van der Waals surface area contributed by atoms with Gasteiger partial charge in [-0.05, 0) is 30.9 Å². The van der Waals surface area contributed by atoms with E-state index in [0.29, 0.717) is 37.7 Å². The third-order valence-electron chi connectivity index (χ3n) is 4.27. The van der Waals surface area contributed by atoms with Crippen LogP contribution in [0.1, 0.15) is 38.2 Å². The first-order valence-corrected chi connectivity index (χ1v) is 8.33. The third-order valence-corrected chi connectivity index (χ3v) is 4.27. The van der Waals surface area contributed by atoms with Crippen LogP contribution in [0.5, 0.6) is 0 Å². The molecule has 1 atom stereocenters. The molecule has 0 aromatic heterocycles. The Hall–Kier alpha value is -2.24. The average molecular weight is 334 g/mol. The fourth-order valence-corrected chi connectivity index (χ4v) is 2.72. The van der Waals surface area contributed by atoms with Crippen molar-refractivity contribution < 1.29 is 18.8 Å². The van der Waals surface area contributed by atoms with Gasteiger partial charge in [0.1, 0.15) is 5.82 Å². The highest BCUT2D eigenvalue weighted by Gasteiger charge is 2.25. The van der Waals surface area contributed by atoms with E-state index in [1.807, 2.05) is 0 Å². The van der Waals surface area contributed by atoms with Gasteiger partial charge in [0.25, 0.3) is 0 Å². The SMILES string of the molecule is C[C@@H](CCc1ccccc1F)C(=O)NCCN1C(=O)CCCC1=O. The lowest BCUT2D eigenvalue weighted by Gasteiger charge is -2.25. The fraction of sp³-hybridized carbons (Fsp3) is 0.500. The Morgan fingerprint density at radius 2 is 1.92 bits per heavy atom. The Kier molecular flexibility index (Phi) is 6.46. The van der Waals surface area contributed by atoms with Crippen LogP contribution in [0.3, 0.4) is 0 Å². The zero-order chi connectivity index (χ0) is 17.5. The van der Waals surface area contributed by atoms with Crippen LogP contribution in [-0.4, -0.2) is 35.7 Å². The number of likely N-dealkylation sites (tertiary alicyclic amines) is 1. The van der Waals surface area contributed by atoms with E-state index in [-0.39, 0.29) is 42.5 Å². The van der Waals surface area contributed by atoms with Gasteiger partial charge in [0.05, 0.1) is 0 Å². The van der Waals surface area contributed by atoms with Gasteiger partial charge in [-0.3, -0.25) is 19.3 Å². The normalized spacial score (nSPS) is 16.2. The van der Waals surface area contributed by atoms with E-state index in [4.69, 9.17) is 0 Å². The van der Waals surface area contributed by atoms with E-state index >= 15 is 0 Å². The number of hydrogen-bond donors (Lipinski definition) is 1. The number of imide groups is 1. The summed E-state index contributed by atoms with van der Waals surface area (Å²) < 4.78 is 13.6. The summed E-state index contributed by atoms with van der Waals surface area (Å²) in [6.45, 7) is 2.25. The fourth-order valence-electron chi connectivity index (χ4n) is 2.72. The molecule has 130 valence electrons. The van der Waals surface area contributed by atoms with Crippen molar-refractivity contribution in [2.45, 2.75) is 39.0 Å². The molecular formula is C18H23FN2O3. The van der Waals surface area contributed by atoms with Crippen LogP contribution >= 0.6 is 0 Å². The van der Waals surface area contributed by atoms with Crippen LogP contribution in [0, 0.1) is 11.7 Å². The summed E-state index contributed by atoms with van der Waals surface area (Å²) in [5, 5.41) is 2.74.